The molecule has 1 saturated heterocycles. The summed E-state index contributed by atoms with van der Waals surface area (Å²) in [6.45, 7) is 5.24. The van der Waals surface area contributed by atoms with Crippen LogP contribution in [-0.4, -0.2) is 50.2 Å². The highest BCUT2D eigenvalue weighted by molar-refractivity contribution is 5.95. The summed E-state index contributed by atoms with van der Waals surface area (Å²) in [5.41, 5.74) is 2.59. The van der Waals surface area contributed by atoms with Crippen molar-refractivity contribution >= 4 is 5.91 Å². The maximum Gasteiger partial charge on any atom is 0.254 e. The molecule has 0 aliphatic carbocycles. The second-order valence-corrected chi connectivity index (χ2v) is 6.73. The molecule has 3 heterocycles. The Morgan fingerprint density at radius 1 is 1.04 bits per heavy atom. The van der Waals surface area contributed by atoms with E-state index in [4.69, 9.17) is 4.74 Å². The van der Waals surface area contributed by atoms with Crippen LogP contribution in [0.25, 0.3) is 11.4 Å². The highest BCUT2D eigenvalue weighted by Crippen LogP contribution is 2.23. The molecule has 26 heavy (non-hydrogen) atoms. The maximum absolute atomic E-state index is 13.1. The molecule has 6 heteroatoms. The number of benzene rings is 1. The van der Waals surface area contributed by atoms with Crippen LogP contribution in [0.15, 0.2) is 61.4 Å². The fourth-order valence-electron chi connectivity index (χ4n) is 3.50. The zero-order valence-electron chi connectivity index (χ0n) is 14.9. The third-order valence-corrected chi connectivity index (χ3v) is 4.59. The largest absolute Gasteiger partial charge is 0.372 e. The lowest BCUT2D eigenvalue weighted by Gasteiger charge is -2.35. The van der Waals surface area contributed by atoms with Crippen molar-refractivity contribution in [3.8, 4) is 11.4 Å². The van der Waals surface area contributed by atoms with Gasteiger partial charge < -0.3 is 18.8 Å². The molecule has 1 aromatic carbocycles. The third kappa shape index (κ3) is 3.15. The minimum atomic E-state index is 0.0394. The molecule has 1 aliphatic heterocycles. The number of morpholine rings is 1. The van der Waals surface area contributed by atoms with Gasteiger partial charge >= 0.3 is 0 Å². The second-order valence-electron chi connectivity index (χ2n) is 6.73. The number of carbonyl (C=O) groups excluding carboxylic acids is 1. The number of rotatable bonds is 3. The van der Waals surface area contributed by atoms with Gasteiger partial charge in [-0.1, -0.05) is 0 Å². The zero-order chi connectivity index (χ0) is 18.1. The summed E-state index contributed by atoms with van der Waals surface area (Å²) in [5, 5.41) is 0. The molecule has 0 saturated carbocycles. The molecule has 0 radical (unpaired) electrons. The predicted octanol–water partition coefficient (Wildman–Crippen LogP) is 2.91. The lowest BCUT2D eigenvalue weighted by molar-refractivity contribution is -0.0586. The first-order valence-electron chi connectivity index (χ1n) is 8.82. The fraction of sp³-hybridized carbons (Fsp3) is 0.300. The van der Waals surface area contributed by atoms with Crippen LogP contribution in [0, 0.1) is 0 Å². The van der Waals surface area contributed by atoms with Gasteiger partial charge in [0, 0.05) is 43.4 Å². The Bertz CT molecular complexity index is 877. The Kier molecular flexibility index (Phi) is 4.34. The fourth-order valence-corrected chi connectivity index (χ4v) is 3.50. The van der Waals surface area contributed by atoms with E-state index in [9.17, 15) is 4.79 Å². The van der Waals surface area contributed by atoms with E-state index in [1.807, 2.05) is 76.8 Å². The molecular formula is C20H22N4O2. The van der Waals surface area contributed by atoms with Gasteiger partial charge in [-0.05, 0) is 44.2 Å². The normalized spacial score (nSPS) is 20.3. The molecule has 1 amide bonds. The lowest BCUT2D eigenvalue weighted by atomic mass is 10.1. The van der Waals surface area contributed by atoms with Gasteiger partial charge in [0.05, 0.1) is 29.9 Å². The number of nitrogens with zero attached hydrogens (tertiary/aromatic N) is 4. The number of hydrogen-bond acceptors (Lipinski definition) is 3. The molecule has 0 bridgehead atoms. The van der Waals surface area contributed by atoms with Gasteiger partial charge in [0.2, 0.25) is 0 Å². The zero-order valence-corrected chi connectivity index (χ0v) is 14.9. The molecule has 1 aliphatic rings. The van der Waals surface area contributed by atoms with Crippen molar-refractivity contribution in [2.45, 2.75) is 26.1 Å². The second kappa shape index (κ2) is 6.80. The van der Waals surface area contributed by atoms with E-state index in [1.54, 1.807) is 12.5 Å². The summed E-state index contributed by atoms with van der Waals surface area (Å²) in [6, 6.07) is 9.74. The lowest BCUT2D eigenvalue weighted by Crippen LogP contribution is -2.48. The quantitative estimate of drug-likeness (QED) is 0.730. The van der Waals surface area contributed by atoms with Gasteiger partial charge in [-0.15, -0.1) is 0 Å². The number of imidazole rings is 1. The van der Waals surface area contributed by atoms with Crippen molar-refractivity contribution in [1.82, 2.24) is 19.0 Å². The van der Waals surface area contributed by atoms with E-state index in [0.29, 0.717) is 18.7 Å². The van der Waals surface area contributed by atoms with Crippen LogP contribution in [0.5, 0.6) is 0 Å². The highest BCUT2D eigenvalue weighted by Gasteiger charge is 2.27. The van der Waals surface area contributed by atoms with E-state index >= 15 is 0 Å². The summed E-state index contributed by atoms with van der Waals surface area (Å²) < 4.78 is 9.70. The summed E-state index contributed by atoms with van der Waals surface area (Å²) in [7, 11) is 0. The SMILES string of the molecule is C[C@@H]1CN(C(=O)c2ccc(-n3ccnc3)c(-n3cccc3)c2)C[C@H](C)O1. The van der Waals surface area contributed by atoms with Crippen LogP contribution in [0.1, 0.15) is 24.2 Å². The van der Waals surface area contributed by atoms with Crippen LogP contribution in [0.3, 0.4) is 0 Å². The van der Waals surface area contributed by atoms with Crippen LogP contribution in [0.2, 0.25) is 0 Å². The average Bonchev–Trinajstić information content (AvgIpc) is 3.33. The van der Waals surface area contributed by atoms with Crippen molar-refractivity contribution in [2.75, 3.05) is 13.1 Å². The van der Waals surface area contributed by atoms with E-state index < -0.39 is 0 Å². The van der Waals surface area contributed by atoms with Crippen LogP contribution in [-0.2, 0) is 4.74 Å². The van der Waals surface area contributed by atoms with Crippen LogP contribution >= 0.6 is 0 Å². The summed E-state index contributed by atoms with van der Waals surface area (Å²) in [5.74, 6) is 0.0394. The first-order valence-corrected chi connectivity index (χ1v) is 8.82. The molecule has 0 unspecified atom stereocenters. The number of amides is 1. The number of ether oxygens (including phenoxy) is 1. The molecule has 0 N–H and O–H groups in total. The van der Waals surface area contributed by atoms with E-state index in [1.165, 1.54) is 0 Å². The molecule has 2 atom stereocenters. The first kappa shape index (κ1) is 16.6. The Balaban J connectivity index is 1.72. The van der Waals surface area contributed by atoms with E-state index in [2.05, 4.69) is 4.98 Å². The monoisotopic (exact) mass is 350 g/mol. The van der Waals surface area contributed by atoms with Gasteiger partial charge in [0.25, 0.3) is 5.91 Å². The Morgan fingerprint density at radius 3 is 2.42 bits per heavy atom. The van der Waals surface area contributed by atoms with Crippen molar-refractivity contribution in [1.29, 1.82) is 0 Å². The average molecular weight is 350 g/mol. The molecule has 134 valence electrons. The molecule has 4 rings (SSSR count). The van der Waals surface area contributed by atoms with Gasteiger partial charge in [0.15, 0.2) is 0 Å². The molecule has 0 spiro atoms. The van der Waals surface area contributed by atoms with E-state index in [0.717, 1.165) is 11.4 Å². The number of carbonyl (C=O) groups is 1. The molecule has 2 aromatic heterocycles. The Labute approximate surface area is 152 Å². The van der Waals surface area contributed by atoms with Crippen molar-refractivity contribution in [2.24, 2.45) is 0 Å². The smallest absolute Gasteiger partial charge is 0.254 e. The predicted molar refractivity (Wildman–Crippen MR) is 98.8 cm³/mol. The minimum absolute atomic E-state index is 0.0394. The first-order chi connectivity index (χ1) is 12.6. The van der Waals surface area contributed by atoms with Crippen molar-refractivity contribution < 1.29 is 9.53 Å². The van der Waals surface area contributed by atoms with Crippen LogP contribution in [0.4, 0.5) is 0 Å². The number of hydrogen-bond donors (Lipinski definition) is 0. The Hall–Kier alpha value is -2.86. The number of aromatic nitrogens is 3. The molecule has 3 aromatic rings. The summed E-state index contributed by atoms with van der Waals surface area (Å²) in [4.78, 5) is 19.1. The maximum atomic E-state index is 13.1. The van der Waals surface area contributed by atoms with Crippen molar-refractivity contribution in [3.05, 3.63) is 67.0 Å². The van der Waals surface area contributed by atoms with Crippen LogP contribution < -0.4 is 0 Å². The van der Waals surface area contributed by atoms with Crippen molar-refractivity contribution in [3.63, 3.8) is 0 Å². The molecule has 1 fully saturated rings. The standard InChI is InChI=1S/C20H22N4O2/c1-15-12-24(13-16(2)26-15)20(25)17-5-6-18(23-10-7-21-14-23)19(11-17)22-8-3-4-9-22/h3-11,14-16H,12-13H2,1-2H3/t15-,16+. The van der Waals surface area contributed by atoms with Gasteiger partial charge in [-0.2, -0.15) is 0 Å². The van der Waals surface area contributed by atoms with Gasteiger partial charge in [-0.25, -0.2) is 4.98 Å². The topological polar surface area (TPSA) is 52.3 Å². The Morgan fingerprint density at radius 2 is 1.77 bits per heavy atom. The van der Waals surface area contributed by atoms with E-state index in [-0.39, 0.29) is 18.1 Å². The highest BCUT2D eigenvalue weighted by atomic mass is 16.5. The summed E-state index contributed by atoms with van der Waals surface area (Å²) >= 11 is 0. The summed E-state index contributed by atoms with van der Waals surface area (Å²) in [6.07, 6.45) is 9.46. The van der Waals surface area contributed by atoms with Gasteiger partial charge in [-0.3, -0.25) is 4.79 Å². The molecular weight excluding hydrogens is 328 g/mol. The van der Waals surface area contributed by atoms with Gasteiger partial charge in [0.1, 0.15) is 0 Å². The minimum Gasteiger partial charge on any atom is -0.372 e. The third-order valence-electron chi connectivity index (χ3n) is 4.59. The molecule has 6 nitrogen and oxygen atoms in total.